The molecule has 1 amide bonds. The Morgan fingerprint density at radius 2 is 1.94 bits per heavy atom. The summed E-state index contributed by atoms with van der Waals surface area (Å²) < 4.78 is 0. The van der Waals surface area contributed by atoms with E-state index in [1.807, 2.05) is 41.3 Å². The smallest absolute Gasteiger partial charge is 0.228 e. The van der Waals surface area contributed by atoms with Gasteiger partial charge >= 0.3 is 0 Å². The average Bonchev–Trinajstić information content (AvgIpc) is 2.68. The van der Waals surface area contributed by atoms with Gasteiger partial charge in [-0.15, -0.1) is 0 Å². The average molecular weight is 305 g/mol. The molecule has 1 aliphatic rings. The molecule has 1 heterocycles. The summed E-state index contributed by atoms with van der Waals surface area (Å²) in [5.41, 5.74) is 7.69. The molecule has 0 aromatic heterocycles. The molecule has 0 saturated carbocycles. The standard InChI is InChI=1S/C14H13BrN2O/c15-10-7-13(18)17(8-10)12-6-2-4-9-3-1-5-11(16)14(9)12/h1-6,10H,7-8,16H2. The van der Waals surface area contributed by atoms with Crippen molar-refractivity contribution in [3.63, 3.8) is 0 Å². The summed E-state index contributed by atoms with van der Waals surface area (Å²) >= 11 is 3.51. The summed E-state index contributed by atoms with van der Waals surface area (Å²) in [4.78, 5) is 14.0. The number of nitrogens with zero attached hydrogens (tertiary/aromatic N) is 1. The van der Waals surface area contributed by atoms with Crippen LogP contribution < -0.4 is 10.6 Å². The van der Waals surface area contributed by atoms with Crippen LogP contribution in [0.15, 0.2) is 36.4 Å². The van der Waals surface area contributed by atoms with Crippen LogP contribution in [-0.2, 0) is 4.79 Å². The minimum absolute atomic E-state index is 0.146. The van der Waals surface area contributed by atoms with Gasteiger partial charge in [-0.3, -0.25) is 4.79 Å². The van der Waals surface area contributed by atoms with Crippen molar-refractivity contribution in [3.05, 3.63) is 36.4 Å². The van der Waals surface area contributed by atoms with Gasteiger partial charge in [0.1, 0.15) is 0 Å². The summed E-state index contributed by atoms with van der Waals surface area (Å²) in [7, 11) is 0. The van der Waals surface area contributed by atoms with Crippen LogP contribution >= 0.6 is 15.9 Å². The maximum atomic E-state index is 12.0. The van der Waals surface area contributed by atoms with Gasteiger partial charge in [0.05, 0.1) is 5.69 Å². The Labute approximate surface area is 114 Å². The third-order valence-electron chi connectivity index (χ3n) is 3.28. The van der Waals surface area contributed by atoms with Crippen molar-refractivity contribution in [2.75, 3.05) is 17.2 Å². The Kier molecular flexibility index (Phi) is 2.74. The normalized spacial score (nSPS) is 19.7. The minimum atomic E-state index is 0.146. The molecule has 92 valence electrons. The van der Waals surface area contributed by atoms with Crippen LogP contribution in [0.4, 0.5) is 11.4 Å². The fraction of sp³-hybridized carbons (Fsp3) is 0.214. The Bertz CT molecular complexity index is 621. The maximum absolute atomic E-state index is 12.0. The number of hydrogen-bond donors (Lipinski definition) is 1. The highest BCUT2D eigenvalue weighted by atomic mass is 79.9. The zero-order valence-corrected chi connectivity index (χ0v) is 11.4. The zero-order chi connectivity index (χ0) is 12.7. The summed E-state index contributed by atoms with van der Waals surface area (Å²) in [5.74, 6) is 0.146. The van der Waals surface area contributed by atoms with Gasteiger partial charge in [-0.25, -0.2) is 0 Å². The second-order valence-corrected chi connectivity index (χ2v) is 5.82. The molecule has 3 nitrogen and oxygen atoms in total. The predicted octanol–water partition coefficient (Wildman–Crippen LogP) is 2.92. The number of nitrogen functional groups attached to an aromatic ring is 1. The van der Waals surface area contributed by atoms with Gasteiger partial charge in [-0.1, -0.05) is 40.2 Å². The van der Waals surface area contributed by atoms with Gasteiger partial charge in [0.15, 0.2) is 0 Å². The molecular weight excluding hydrogens is 292 g/mol. The lowest BCUT2D eigenvalue weighted by atomic mass is 10.1. The molecule has 4 heteroatoms. The van der Waals surface area contributed by atoms with E-state index in [0.717, 1.165) is 16.5 Å². The number of rotatable bonds is 1. The summed E-state index contributed by atoms with van der Waals surface area (Å²) in [6, 6.07) is 11.8. The van der Waals surface area contributed by atoms with E-state index in [2.05, 4.69) is 15.9 Å². The Morgan fingerprint density at radius 1 is 1.22 bits per heavy atom. The molecule has 1 unspecified atom stereocenters. The summed E-state index contributed by atoms with van der Waals surface area (Å²) in [5, 5.41) is 2.04. The van der Waals surface area contributed by atoms with Crippen LogP contribution in [0.5, 0.6) is 0 Å². The van der Waals surface area contributed by atoms with E-state index >= 15 is 0 Å². The summed E-state index contributed by atoms with van der Waals surface area (Å²) in [6.45, 7) is 0.701. The lowest BCUT2D eigenvalue weighted by Crippen LogP contribution is -2.24. The first-order chi connectivity index (χ1) is 8.66. The van der Waals surface area contributed by atoms with Crippen LogP contribution in [0.2, 0.25) is 0 Å². The van der Waals surface area contributed by atoms with Crippen LogP contribution in [-0.4, -0.2) is 17.3 Å². The summed E-state index contributed by atoms with van der Waals surface area (Å²) in [6.07, 6.45) is 0.545. The molecule has 2 N–H and O–H groups in total. The van der Waals surface area contributed by atoms with Crippen molar-refractivity contribution in [1.29, 1.82) is 0 Å². The largest absolute Gasteiger partial charge is 0.398 e. The number of anilines is 2. The highest BCUT2D eigenvalue weighted by Crippen LogP contribution is 2.34. The van der Waals surface area contributed by atoms with Crippen LogP contribution in [0.25, 0.3) is 10.8 Å². The van der Waals surface area contributed by atoms with Gasteiger partial charge < -0.3 is 10.6 Å². The number of fused-ring (bicyclic) bond motifs is 1. The number of benzene rings is 2. The van der Waals surface area contributed by atoms with Gasteiger partial charge in [0.25, 0.3) is 0 Å². The van der Waals surface area contributed by atoms with E-state index in [9.17, 15) is 4.79 Å². The Hall–Kier alpha value is -1.55. The van der Waals surface area contributed by atoms with E-state index in [-0.39, 0.29) is 10.7 Å². The molecule has 1 aliphatic heterocycles. The molecule has 0 radical (unpaired) electrons. The first-order valence-corrected chi connectivity index (χ1v) is 6.80. The first kappa shape index (κ1) is 11.5. The second-order valence-electron chi connectivity index (χ2n) is 4.53. The van der Waals surface area contributed by atoms with E-state index < -0.39 is 0 Å². The van der Waals surface area contributed by atoms with Crippen molar-refractivity contribution in [1.82, 2.24) is 0 Å². The van der Waals surface area contributed by atoms with E-state index in [4.69, 9.17) is 5.73 Å². The van der Waals surface area contributed by atoms with Gasteiger partial charge in [0, 0.05) is 28.9 Å². The molecular formula is C14H13BrN2O. The van der Waals surface area contributed by atoms with E-state index in [0.29, 0.717) is 18.7 Å². The fourth-order valence-corrected chi connectivity index (χ4v) is 3.04. The molecule has 0 bridgehead atoms. The molecule has 3 rings (SSSR count). The SMILES string of the molecule is Nc1cccc2cccc(N3CC(Br)CC3=O)c12. The number of carbonyl (C=O) groups is 1. The minimum Gasteiger partial charge on any atom is -0.398 e. The van der Waals surface area contributed by atoms with Crippen LogP contribution in [0.3, 0.4) is 0 Å². The number of nitrogens with two attached hydrogens (primary N) is 1. The third-order valence-corrected chi connectivity index (χ3v) is 3.90. The Balaban J connectivity index is 2.20. The van der Waals surface area contributed by atoms with Crippen LogP contribution in [0.1, 0.15) is 6.42 Å². The van der Waals surface area contributed by atoms with Gasteiger partial charge in [0.2, 0.25) is 5.91 Å². The molecule has 1 saturated heterocycles. The molecule has 0 aliphatic carbocycles. The molecule has 2 aromatic rings. The highest BCUT2D eigenvalue weighted by Gasteiger charge is 2.29. The number of amides is 1. The second kappa shape index (κ2) is 4.28. The topological polar surface area (TPSA) is 46.3 Å². The van der Waals surface area contributed by atoms with Crippen molar-refractivity contribution in [2.24, 2.45) is 0 Å². The fourth-order valence-electron chi connectivity index (χ4n) is 2.47. The van der Waals surface area contributed by atoms with Crippen molar-refractivity contribution >= 4 is 44.0 Å². The predicted molar refractivity (Wildman–Crippen MR) is 78.0 cm³/mol. The van der Waals surface area contributed by atoms with Crippen molar-refractivity contribution in [2.45, 2.75) is 11.2 Å². The lowest BCUT2D eigenvalue weighted by molar-refractivity contribution is -0.117. The lowest BCUT2D eigenvalue weighted by Gasteiger charge is -2.19. The molecule has 18 heavy (non-hydrogen) atoms. The molecule has 1 atom stereocenters. The highest BCUT2D eigenvalue weighted by molar-refractivity contribution is 9.09. The monoisotopic (exact) mass is 304 g/mol. The van der Waals surface area contributed by atoms with Gasteiger partial charge in [-0.2, -0.15) is 0 Å². The van der Waals surface area contributed by atoms with Crippen molar-refractivity contribution in [3.8, 4) is 0 Å². The van der Waals surface area contributed by atoms with Crippen LogP contribution in [0, 0.1) is 0 Å². The zero-order valence-electron chi connectivity index (χ0n) is 9.77. The van der Waals surface area contributed by atoms with Gasteiger partial charge in [-0.05, 0) is 17.5 Å². The number of alkyl halides is 1. The maximum Gasteiger partial charge on any atom is 0.228 e. The third kappa shape index (κ3) is 1.77. The number of hydrogen-bond acceptors (Lipinski definition) is 2. The molecule has 2 aromatic carbocycles. The van der Waals surface area contributed by atoms with E-state index in [1.165, 1.54) is 0 Å². The number of carbonyl (C=O) groups excluding carboxylic acids is 1. The quantitative estimate of drug-likeness (QED) is 0.650. The molecule has 0 spiro atoms. The first-order valence-electron chi connectivity index (χ1n) is 5.88. The Morgan fingerprint density at radius 3 is 2.61 bits per heavy atom. The van der Waals surface area contributed by atoms with E-state index in [1.54, 1.807) is 0 Å². The number of halogens is 1. The van der Waals surface area contributed by atoms with Crippen molar-refractivity contribution < 1.29 is 4.79 Å². The molecule has 1 fully saturated rings.